The molecule has 6 heteroatoms. The SMILES string of the molecule is COCCN(CCOC)c1ccc(Cl)c(CN)n1. The average molecular weight is 274 g/mol. The highest BCUT2D eigenvalue weighted by Gasteiger charge is 2.10. The summed E-state index contributed by atoms with van der Waals surface area (Å²) >= 11 is 6.00. The van der Waals surface area contributed by atoms with Crippen molar-refractivity contribution in [2.24, 2.45) is 5.73 Å². The molecule has 1 rings (SSSR count). The van der Waals surface area contributed by atoms with Crippen LogP contribution < -0.4 is 10.6 Å². The molecule has 0 fully saturated rings. The van der Waals surface area contributed by atoms with Gasteiger partial charge in [-0.1, -0.05) is 11.6 Å². The summed E-state index contributed by atoms with van der Waals surface area (Å²) in [7, 11) is 3.35. The van der Waals surface area contributed by atoms with Gasteiger partial charge in [-0.05, 0) is 12.1 Å². The minimum Gasteiger partial charge on any atom is -0.383 e. The minimum atomic E-state index is 0.328. The Morgan fingerprint density at radius 3 is 2.33 bits per heavy atom. The van der Waals surface area contributed by atoms with Crippen LogP contribution in [0.1, 0.15) is 5.69 Å². The number of rotatable bonds is 8. The highest BCUT2D eigenvalue weighted by molar-refractivity contribution is 6.31. The molecule has 1 aromatic heterocycles. The molecule has 0 bridgehead atoms. The molecule has 2 N–H and O–H groups in total. The van der Waals surface area contributed by atoms with Crippen LogP contribution in [0.25, 0.3) is 0 Å². The largest absolute Gasteiger partial charge is 0.383 e. The Kier molecular flexibility index (Phi) is 6.97. The maximum absolute atomic E-state index is 6.00. The van der Waals surface area contributed by atoms with E-state index in [1.807, 2.05) is 12.1 Å². The summed E-state index contributed by atoms with van der Waals surface area (Å²) in [6.45, 7) is 3.09. The number of hydrogen-bond acceptors (Lipinski definition) is 5. The second-order valence-electron chi connectivity index (χ2n) is 3.77. The van der Waals surface area contributed by atoms with Gasteiger partial charge >= 0.3 is 0 Å². The van der Waals surface area contributed by atoms with Gasteiger partial charge in [-0.25, -0.2) is 4.98 Å². The van der Waals surface area contributed by atoms with Gasteiger partial charge in [0.15, 0.2) is 0 Å². The Morgan fingerprint density at radius 1 is 1.22 bits per heavy atom. The Bertz CT molecular complexity index is 355. The molecular weight excluding hydrogens is 254 g/mol. The molecular formula is C12H20ClN3O2. The van der Waals surface area contributed by atoms with Crippen molar-refractivity contribution in [1.29, 1.82) is 0 Å². The van der Waals surface area contributed by atoms with Gasteiger partial charge in [0.2, 0.25) is 0 Å². The van der Waals surface area contributed by atoms with Crippen molar-refractivity contribution in [3.05, 3.63) is 22.8 Å². The summed E-state index contributed by atoms with van der Waals surface area (Å²) in [4.78, 5) is 6.54. The summed E-state index contributed by atoms with van der Waals surface area (Å²) in [5.41, 5.74) is 6.31. The molecule has 0 atom stereocenters. The third-order valence-electron chi connectivity index (χ3n) is 2.55. The second-order valence-corrected chi connectivity index (χ2v) is 4.18. The zero-order valence-corrected chi connectivity index (χ0v) is 11.6. The van der Waals surface area contributed by atoms with E-state index in [0.717, 1.165) is 18.9 Å². The van der Waals surface area contributed by atoms with E-state index in [1.54, 1.807) is 14.2 Å². The molecule has 0 aliphatic heterocycles. The summed E-state index contributed by atoms with van der Waals surface area (Å²) in [6.07, 6.45) is 0. The zero-order valence-electron chi connectivity index (χ0n) is 10.9. The summed E-state index contributed by atoms with van der Waals surface area (Å²) in [5.74, 6) is 0.842. The van der Waals surface area contributed by atoms with E-state index >= 15 is 0 Å². The normalized spacial score (nSPS) is 10.7. The predicted octanol–water partition coefficient (Wildman–Crippen LogP) is 1.29. The van der Waals surface area contributed by atoms with Gasteiger partial charge in [-0.15, -0.1) is 0 Å². The lowest BCUT2D eigenvalue weighted by molar-refractivity contribution is 0.190. The Balaban J connectivity index is 2.82. The van der Waals surface area contributed by atoms with Crippen molar-refractivity contribution in [2.75, 3.05) is 45.4 Å². The third-order valence-corrected chi connectivity index (χ3v) is 2.90. The second kappa shape index (κ2) is 8.26. The number of ether oxygens (including phenoxy) is 2. The summed E-state index contributed by atoms with van der Waals surface area (Å²) in [5, 5.41) is 0.597. The van der Waals surface area contributed by atoms with E-state index in [0.29, 0.717) is 30.5 Å². The molecule has 102 valence electrons. The summed E-state index contributed by atoms with van der Waals surface area (Å²) in [6, 6.07) is 3.70. The highest BCUT2D eigenvalue weighted by atomic mass is 35.5. The Labute approximate surface area is 113 Å². The van der Waals surface area contributed by atoms with Gasteiger partial charge in [0.05, 0.1) is 23.9 Å². The number of aromatic nitrogens is 1. The lowest BCUT2D eigenvalue weighted by Gasteiger charge is -2.23. The Morgan fingerprint density at radius 2 is 1.83 bits per heavy atom. The van der Waals surface area contributed by atoms with Crippen LogP contribution in [0.4, 0.5) is 5.82 Å². The first-order valence-corrected chi connectivity index (χ1v) is 6.19. The number of hydrogen-bond donors (Lipinski definition) is 1. The first-order chi connectivity index (χ1) is 8.72. The molecule has 0 aliphatic rings. The highest BCUT2D eigenvalue weighted by Crippen LogP contribution is 2.18. The van der Waals surface area contributed by atoms with Crippen LogP contribution >= 0.6 is 11.6 Å². The first kappa shape index (κ1) is 15.2. The minimum absolute atomic E-state index is 0.328. The van der Waals surface area contributed by atoms with Gasteiger partial charge in [0.25, 0.3) is 0 Å². The molecule has 0 amide bonds. The monoisotopic (exact) mass is 273 g/mol. The van der Waals surface area contributed by atoms with Crippen molar-refractivity contribution in [3.63, 3.8) is 0 Å². The van der Waals surface area contributed by atoms with E-state index < -0.39 is 0 Å². The van der Waals surface area contributed by atoms with E-state index in [1.165, 1.54) is 0 Å². The van der Waals surface area contributed by atoms with Crippen LogP contribution in [0.3, 0.4) is 0 Å². The molecule has 0 spiro atoms. The zero-order chi connectivity index (χ0) is 13.4. The number of nitrogens with zero attached hydrogens (tertiary/aromatic N) is 2. The number of halogens is 1. The van der Waals surface area contributed by atoms with Crippen molar-refractivity contribution in [3.8, 4) is 0 Å². The maximum atomic E-state index is 6.00. The first-order valence-electron chi connectivity index (χ1n) is 5.81. The van der Waals surface area contributed by atoms with Gasteiger partial charge in [0.1, 0.15) is 5.82 Å². The molecule has 0 aromatic carbocycles. The quantitative estimate of drug-likeness (QED) is 0.773. The molecule has 0 aliphatic carbocycles. The number of nitrogens with two attached hydrogens (primary N) is 1. The molecule has 18 heavy (non-hydrogen) atoms. The molecule has 0 saturated carbocycles. The molecule has 5 nitrogen and oxygen atoms in total. The molecule has 1 aromatic rings. The predicted molar refractivity (Wildman–Crippen MR) is 73.1 cm³/mol. The van der Waals surface area contributed by atoms with Crippen molar-refractivity contribution < 1.29 is 9.47 Å². The Hall–Kier alpha value is -0.880. The number of anilines is 1. The lowest BCUT2D eigenvalue weighted by Crippen LogP contribution is -2.31. The van der Waals surface area contributed by atoms with Gasteiger partial charge in [-0.3, -0.25) is 0 Å². The molecule has 1 heterocycles. The van der Waals surface area contributed by atoms with Gasteiger partial charge in [-0.2, -0.15) is 0 Å². The fraction of sp³-hybridized carbons (Fsp3) is 0.583. The van der Waals surface area contributed by atoms with E-state index in [2.05, 4.69) is 9.88 Å². The molecule has 0 unspecified atom stereocenters. The smallest absolute Gasteiger partial charge is 0.129 e. The fourth-order valence-corrected chi connectivity index (χ4v) is 1.72. The van der Waals surface area contributed by atoms with E-state index in [-0.39, 0.29) is 0 Å². The fourth-order valence-electron chi connectivity index (χ4n) is 1.54. The van der Waals surface area contributed by atoms with E-state index in [4.69, 9.17) is 26.8 Å². The van der Waals surface area contributed by atoms with Crippen LogP contribution in [-0.2, 0) is 16.0 Å². The lowest BCUT2D eigenvalue weighted by atomic mass is 10.3. The van der Waals surface area contributed by atoms with Crippen molar-refractivity contribution in [1.82, 2.24) is 4.98 Å². The van der Waals surface area contributed by atoms with Crippen LogP contribution in [0.15, 0.2) is 12.1 Å². The van der Waals surface area contributed by atoms with Crippen LogP contribution in [-0.4, -0.2) is 45.5 Å². The van der Waals surface area contributed by atoms with Gasteiger partial charge in [0, 0.05) is 33.9 Å². The standard InChI is InChI=1S/C12H20ClN3O2/c1-17-7-5-16(6-8-18-2)12-4-3-10(13)11(9-14)15-12/h3-4H,5-9,14H2,1-2H3. The summed E-state index contributed by atoms with van der Waals surface area (Å²) < 4.78 is 10.2. The van der Waals surface area contributed by atoms with Crippen LogP contribution in [0.5, 0.6) is 0 Å². The van der Waals surface area contributed by atoms with Crippen molar-refractivity contribution in [2.45, 2.75) is 6.54 Å². The van der Waals surface area contributed by atoms with Crippen molar-refractivity contribution >= 4 is 17.4 Å². The van der Waals surface area contributed by atoms with Crippen LogP contribution in [0, 0.1) is 0 Å². The molecule has 0 radical (unpaired) electrons. The van der Waals surface area contributed by atoms with Crippen LogP contribution in [0.2, 0.25) is 5.02 Å². The number of pyridine rings is 1. The topological polar surface area (TPSA) is 60.6 Å². The number of methoxy groups -OCH3 is 2. The average Bonchev–Trinajstić information content (AvgIpc) is 2.40. The third kappa shape index (κ3) is 4.42. The van der Waals surface area contributed by atoms with E-state index in [9.17, 15) is 0 Å². The van der Waals surface area contributed by atoms with Gasteiger partial charge < -0.3 is 20.1 Å². The maximum Gasteiger partial charge on any atom is 0.129 e. The molecule has 0 saturated heterocycles.